The van der Waals surface area contributed by atoms with Crippen molar-refractivity contribution >= 4 is 77.5 Å². The maximum absolute atomic E-state index is 6.94. The first-order chi connectivity index (χ1) is 35.3. The maximum atomic E-state index is 6.94. The smallest absolute Gasteiger partial charge is 0.136 e. The number of anilines is 5. The molecular weight excluding hydrogens is 897 g/mol. The van der Waals surface area contributed by atoms with Gasteiger partial charge >= 0.3 is 0 Å². The zero-order valence-corrected chi connectivity index (χ0v) is 44.9. The minimum absolute atomic E-state index is 0.0201. The summed E-state index contributed by atoms with van der Waals surface area (Å²) in [6.45, 7) is 25.6. The van der Waals surface area contributed by atoms with Crippen molar-refractivity contribution in [2.75, 3.05) is 9.80 Å². The summed E-state index contributed by atoms with van der Waals surface area (Å²) in [5, 5.41) is 7.01. The summed E-state index contributed by atoms with van der Waals surface area (Å²) in [6.07, 6.45) is 5.74. The largest absolute Gasteiger partial charge is 0.456 e. The predicted octanol–water partition coefficient (Wildman–Crippen LogP) is 20.0. The molecule has 1 atom stereocenters. The Morgan fingerprint density at radius 3 is 1.70 bits per heavy atom. The predicted molar refractivity (Wildman–Crippen MR) is 315 cm³/mol. The molecule has 0 saturated heterocycles. The number of nitrogens with zero attached hydrogens (tertiary/aromatic N) is 2. The van der Waals surface area contributed by atoms with Gasteiger partial charge in [-0.3, -0.25) is 0 Å². The first kappa shape index (κ1) is 46.2. The van der Waals surface area contributed by atoms with Crippen molar-refractivity contribution in [1.29, 1.82) is 0 Å². The molecule has 0 bridgehead atoms. The van der Waals surface area contributed by atoms with Gasteiger partial charge in [-0.2, -0.15) is 0 Å². The third kappa shape index (κ3) is 7.14. The Hall–Kier alpha value is -7.62. The average Bonchev–Trinajstić information content (AvgIpc) is 3.93. The van der Waals surface area contributed by atoms with Crippen LogP contribution >= 0.6 is 0 Å². The first-order valence-electron chi connectivity index (χ1n) is 26.7. The minimum Gasteiger partial charge on any atom is -0.456 e. The Balaban J connectivity index is 0.912. The van der Waals surface area contributed by atoms with Crippen molar-refractivity contribution in [2.24, 2.45) is 5.92 Å². The van der Waals surface area contributed by atoms with Crippen LogP contribution in [0.15, 0.2) is 192 Å². The highest BCUT2D eigenvalue weighted by atomic mass is 16.3. The van der Waals surface area contributed by atoms with Gasteiger partial charge in [0.1, 0.15) is 11.2 Å². The van der Waals surface area contributed by atoms with Crippen molar-refractivity contribution in [3.63, 3.8) is 0 Å². The third-order valence-electron chi connectivity index (χ3n) is 17.4. The average molecular weight is 963 g/mol. The molecule has 74 heavy (non-hydrogen) atoms. The number of aryl methyl sites for hydroxylation is 1. The van der Waals surface area contributed by atoms with Crippen LogP contribution in [0.2, 0.25) is 0 Å². The molecule has 3 aliphatic rings. The van der Waals surface area contributed by atoms with E-state index in [1.54, 1.807) is 0 Å². The highest BCUT2D eigenvalue weighted by molar-refractivity contribution is 6.14. The van der Waals surface area contributed by atoms with Crippen LogP contribution in [0.3, 0.4) is 0 Å². The van der Waals surface area contributed by atoms with Gasteiger partial charge in [0, 0.05) is 50.3 Å². The second kappa shape index (κ2) is 16.2. The zero-order valence-electron chi connectivity index (χ0n) is 44.9. The molecule has 10 aromatic rings. The SMILES string of the molecule is Cc1c(N(C2=CC=C3c4ccccc4C(C)(C)C3C2)c2ccc(C(C)(C)C)cc2)ccc2cc3c(cc12)oc1cc2cc(N(c4ccc(C(C)(C)C)cc4)c4ccc5c(c4)C(C)(C)c4ccccc4-5)ccc2cc13. The van der Waals surface area contributed by atoms with E-state index >= 15 is 0 Å². The Kier molecular flexibility index (Phi) is 10.1. The maximum Gasteiger partial charge on any atom is 0.136 e. The van der Waals surface area contributed by atoms with Crippen molar-refractivity contribution in [2.45, 2.75) is 104 Å². The van der Waals surface area contributed by atoms with Crippen molar-refractivity contribution in [3.8, 4) is 11.1 Å². The van der Waals surface area contributed by atoms with Crippen molar-refractivity contribution in [1.82, 2.24) is 0 Å². The topological polar surface area (TPSA) is 19.6 Å². The molecule has 366 valence electrons. The van der Waals surface area contributed by atoms with Gasteiger partial charge < -0.3 is 14.2 Å². The normalized spacial score (nSPS) is 16.5. The Morgan fingerprint density at radius 1 is 0.459 bits per heavy atom. The molecule has 9 aromatic carbocycles. The Bertz CT molecular complexity index is 4010. The van der Waals surface area contributed by atoms with Gasteiger partial charge in [-0.1, -0.05) is 166 Å². The summed E-state index contributed by atoms with van der Waals surface area (Å²) in [4.78, 5) is 4.96. The Labute approximate surface area is 437 Å². The molecule has 0 saturated carbocycles. The highest BCUT2D eigenvalue weighted by Crippen LogP contribution is 2.56. The number of rotatable bonds is 6. The van der Waals surface area contributed by atoms with E-state index < -0.39 is 0 Å². The van der Waals surface area contributed by atoms with Crippen LogP contribution in [0.5, 0.6) is 0 Å². The van der Waals surface area contributed by atoms with Gasteiger partial charge in [-0.15, -0.1) is 0 Å². The van der Waals surface area contributed by atoms with Crippen LogP contribution in [0, 0.1) is 12.8 Å². The molecule has 0 fully saturated rings. The quantitative estimate of drug-likeness (QED) is 0.166. The number of fused-ring (bicyclic) bond motifs is 11. The number of hydrogen-bond acceptors (Lipinski definition) is 3. The molecule has 0 amide bonds. The van der Waals surface area contributed by atoms with Gasteiger partial charge in [0.05, 0.1) is 0 Å². The summed E-state index contributed by atoms with van der Waals surface area (Å²) in [6, 6.07) is 64.2. The summed E-state index contributed by atoms with van der Waals surface area (Å²) in [5.41, 5.74) is 22.5. The highest BCUT2D eigenvalue weighted by Gasteiger charge is 2.44. The van der Waals surface area contributed by atoms with Gasteiger partial charge in [-0.05, 0) is 198 Å². The summed E-state index contributed by atoms with van der Waals surface area (Å²) in [7, 11) is 0. The summed E-state index contributed by atoms with van der Waals surface area (Å²) < 4.78 is 6.94. The molecule has 0 spiro atoms. The monoisotopic (exact) mass is 963 g/mol. The molecule has 3 heteroatoms. The number of furan rings is 1. The van der Waals surface area contributed by atoms with E-state index in [9.17, 15) is 0 Å². The molecule has 1 heterocycles. The van der Waals surface area contributed by atoms with E-state index in [4.69, 9.17) is 4.42 Å². The fourth-order valence-corrected chi connectivity index (χ4v) is 13.1. The minimum atomic E-state index is -0.113. The molecule has 1 aromatic heterocycles. The van der Waals surface area contributed by atoms with Crippen molar-refractivity contribution in [3.05, 3.63) is 227 Å². The van der Waals surface area contributed by atoms with Crippen LogP contribution in [0.1, 0.15) is 115 Å². The molecular formula is C71H66N2O. The van der Waals surface area contributed by atoms with Gasteiger partial charge in [0.25, 0.3) is 0 Å². The van der Waals surface area contributed by atoms with E-state index in [1.807, 2.05) is 0 Å². The van der Waals surface area contributed by atoms with Crippen molar-refractivity contribution < 1.29 is 4.42 Å². The molecule has 3 nitrogen and oxygen atoms in total. The first-order valence-corrected chi connectivity index (χ1v) is 26.7. The Morgan fingerprint density at radius 2 is 1.01 bits per heavy atom. The molecule has 0 radical (unpaired) electrons. The van der Waals surface area contributed by atoms with Crippen LogP contribution in [-0.2, 0) is 21.7 Å². The van der Waals surface area contributed by atoms with Gasteiger partial charge in [0.2, 0.25) is 0 Å². The fraction of sp³-hybridized carbons (Fsp3) is 0.239. The second-order valence-electron chi connectivity index (χ2n) is 24.7. The number of hydrogen-bond donors (Lipinski definition) is 0. The van der Waals surface area contributed by atoms with Crippen LogP contribution in [0.4, 0.5) is 28.4 Å². The van der Waals surface area contributed by atoms with E-state index in [-0.39, 0.29) is 21.7 Å². The summed E-state index contributed by atoms with van der Waals surface area (Å²) in [5.74, 6) is 0.381. The zero-order chi connectivity index (χ0) is 51.2. The van der Waals surface area contributed by atoms with E-state index in [0.717, 1.165) is 50.8 Å². The lowest BCUT2D eigenvalue weighted by Crippen LogP contribution is -2.29. The lowest BCUT2D eigenvalue weighted by Gasteiger charge is -2.37. The summed E-state index contributed by atoms with van der Waals surface area (Å²) >= 11 is 0. The van der Waals surface area contributed by atoms with Gasteiger partial charge in [0.15, 0.2) is 0 Å². The lowest BCUT2D eigenvalue weighted by atomic mass is 9.73. The third-order valence-corrected chi connectivity index (χ3v) is 17.4. The van der Waals surface area contributed by atoms with E-state index in [1.165, 1.54) is 88.9 Å². The van der Waals surface area contributed by atoms with Crippen LogP contribution in [-0.4, -0.2) is 0 Å². The number of benzene rings is 9. The van der Waals surface area contributed by atoms with Gasteiger partial charge in [-0.25, -0.2) is 0 Å². The molecule has 0 aliphatic heterocycles. The van der Waals surface area contributed by atoms with Crippen LogP contribution < -0.4 is 9.80 Å². The molecule has 13 rings (SSSR count). The fourth-order valence-electron chi connectivity index (χ4n) is 13.1. The molecule has 1 unspecified atom stereocenters. The second-order valence-corrected chi connectivity index (χ2v) is 24.7. The number of allylic oxidation sites excluding steroid dienone is 4. The molecule has 0 N–H and O–H groups in total. The van der Waals surface area contributed by atoms with E-state index in [0.29, 0.717) is 5.92 Å². The van der Waals surface area contributed by atoms with E-state index in [2.05, 4.69) is 268 Å². The van der Waals surface area contributed by atoms with Crippen LogP contribution in [0.25, 0.3) is 60.2 Å². The standard InChI is InChI=1S/C71H66N2O/c1-43-58-42-67-60(38-45(58)21-35-65(43)73(50-29-24-48(25-30-50)69(5,6)7)53-32-34-57-55-17-13-15-19-62(55)71(10,11)64(57)41-53)59-37-44-20-26-51(36-46(44)39-66(59)74-67)72(49-27-22-47(23-28-49)68(2,3)4)52-31-33-56-54-16-12-14-18-61(54)70(8,9)63(56)40-52/h12-40,42,64H,41H2,1-11H3. The molecule has 3 aliphatic carbocycles. The lowest BCUT2D eigenvalue weighted by molar-refractivity contribution is 0.406.